The molecule has 2 atom stereocenters. The molecule has 0 saturated carbocycles. The summed E-state index contributed by atoms with van der Waals surface area (Å²) in [6.45, 7) is 5.17. The van der Waals surface area contributed by atoms with Crippen LogP contribution in [0.3, 0.4) is 0 Å². The van der Waals surface area contributed by atoms with E-state index in [0.29, 0.717) is 0 Å². The van der Waals surface area contributed by atoms with Crippen LogP contribution in [0, 0.1) is 5.82 Å². The van der Waals surface area contributed by atoms with Crippen molar-refractivity contribution < 1.29 is 9.18 Å². The molecule has 0 spiro atoms. The standard InChI is InChI=1S/C18H24FN5O/c1-13-11-24(10-9-23(13)12-16-21-7-8-22(16)2)17(18(20)25)14-3-5-15(19)6-4-14/h3-8,13,17H,9-12H2,1-2H3,(H2,20,25)/t13-,17-/m0/s1. The van der Waals surface area contributed by atoms with E-state index >= 15 is 0 Å². The number of nitrogens with two attached hydrogens (primary N) is 1. The number of rotatable bonds is 5. The number of piperazine rings is 1. The first-order chi connectivity index (χ1) is 12.0. The number of carbonyl (C=O) groups excluding carboxylic acids is 1. The van der Waals surface area contributed by atoms with Gasteiger partial charge in [0.05, 0.1) is 6.54 Å². The number of amides is 1. The van der Waals surface area contributed by atoms with Gasteiger partial charge in [0.15, 0.2) is 0 Å². The van der Waals surface area contributed by atoms with Crippen LogP contribution in [0.5, 0.6) is 0 Å². The maximum absolute atomic E-state index is 13.2. The third-order valence-corrected chi connectivity index (χ3v) is 4.88. The van der Waals surface area contributed by atoms with E-state index in [1.165, 1.54) is 12.1 Å². The van der Waals surface area contributed by atoms with Crippen molar-refractivity contribution in [2.45, 2.75) is 25.6 Å². The molecular weight excluding hydrogens is 321 g/mol. The fourth-order valence-corrected chi connectivity index (χ4v) is 3.42. The lowest BCUT2D eigenvalue weighted by Crippen LogP contribution is -2.54. The largest absolute Gasteiger partial charge is 0.368 e. The molecule has 25 heavy (non-hydrogen) atoms. The van der Waals surface area contributed by atoms with Crippen LogP contribution in [0.15, 0.2) is 36.7 Å². The second kappa shape index (κ2) is 7.33. The molecule has 1 fully saturated rings. The number of carbonyl (C=O) groups is 1. The van der Waals surface area contributed by atoms with Crippen molar-refractivity contribution in [1.29, 1.82) is 0 Å². The summed E-state index contributed by atoms with van der Waals surface area (Å²) in [5, 5.41) is 0. The number of aryl methyl sites for hydroxylation is 1. The molecule has 0 bridgehead atoms. The Labute approximate surface area is 147 Å². The van der Waals surface area contributed by atoms with Gasteiger partial charge in [0.2, 0.25) is 5.91 Å². The normalized spacial score (nSPS) is 20.5. The fraction of sp³-hybridized carbons (Fsp3) is 0.444. The molecule has 1 amide bonds. The number of benzene rings is 1. The molecule has 0 radical (unpaired) electrons. The number of aromatic nitrogens is 2. The van der Waals surface area contributed by atoms with E-state index in [4.69, 9.17) is 5.73 Å². The zero-order valence-electron chi connectivity index (χ0n) is 14.6. The van der Waals surface area contributed by atoms with Gasteiger partial charge >= 0.3 is 0 Å². The van der Waals surface area contributed by atoms with Crippen molar-refractivity contribution in [3.63, 3.8) is 0 Å². The van der Waals surface area contributed by atoms with Gasteiger partial charge in [0, 0.05) is 45.1 Å². The average Bonchev–Trinajstić information content (AvgIpc) is 2.97. The molecule has 0 unspecified atom stereocenters. The molecule has 1 saturated heterocycles. The van der Waals surface area contributed by atoms with Crippen LogP contribution >= 0.6 is 0 Å². The SMILES string of the molecule is C[C@H]1CN([C@H](C(N)=O)c2ccc(F)cc2)CCN1Cc1nccn1C. The number of primary amides is 1. The van der Waals surface area contributed by atoms with E-state index in [1.54, 1.807) is 18.3 Å². The van der Waals surface area contributed by atoms with Crippen molar-refractivity contribution in [1.82, 2.24) is 19.4 Å². The molecule has 6 nitrogen and oxygen atoms in total. The van der Waals surface area contributed by atoms with Gasteiger partial charge in [0.1, 0.15) is 17.7 Å². The van der Waals surface area contributed by atoms with Crippen LogP contribution in [0.1, 0.15) is 24.4 Å². The number of hydrogen-bond donors (Lipinski definition) is 1. The number of hydrogen-bond acceptors (Lipinski definition) is 4. The fourth-order valence-electron chi connectivity index (χ4n) is 3.42. The van der Waals surface area contributed by atoms with Gasteiger partial charge < -0.3 is 10.3 Å². The topological polar surface area (TPSA) is 67.4 Å². The molecule has 2 aromatic rings. The Morgan fingerprint density at radius 3 is 2.64 bits per heavy atom. The number of nitrogens with zero attached hydrogens (tertiary/aromatic N) is 4. The minimum Gasteiger partial charge on any atom is -0.368 e. The summed E-state index contributed by atoms with van der Waals surface area (Å²) in [5.41, 5.74) is 6.38. The zero-order valence-corrected chi connectivity index (χ0v) is 14.6. The maximum atomic E-state index is 13.2. The Balaban J connectivity index is 1.70. The highest BCUT2D eigenvalue weighted by atomic mass is 19.1. The molecule has 0 aliphatic carbocycles. The Morgan fingerprint density at radius 2 is 2.08 bits per heavy atom. The van der Waals surface area contributed by atoms with Crippen LogP contribution in [-0.4, -0.2) is 50.9 Å². The van der Waals surface area contributed by atoms with Gasteiger partial charge in [-0.25, -0.2) is 9.37 Å². The second-order valence-corrected chi connectivity index (χ2v) is 6.63. The summed E-state index contributed by atoms with van der Waals surface area (Å²) in [5.74, 6) is 0.293. The van der Waals surface area contributed by atoms with Gasteiger partial charge in [0.25, 0.3) is 0 Å². The molecule has 2 N–H and O–H groups in total. The first-order valence-corrected chi connectivity index (χ1v) is 8.45. The summed E-state index contributed by atoms with van der Waals surface area (Å²) in [4.78, 5) is 20.8. The van der Waals surface area contributed by atoms with Crippen molar-refractivity contribution in [2.75, 3.05) is 19.6 Å². The highest BCUT2D eigenvalue weighted by Crippen LogP contribution is 2.25. The van der Waals surface area contributed by atoms with E-state index in [0.717, 1.165) is 37.6 Å². The van der Waals surface area contributed by atoms with Gasteiger partial charge in [-0.05, 0) is 24.6 Å². The Kier molecular flexibility index (Phi) is 5.15. The van der Waals surface area contributed by atoms with E-state index in [2.05, 4.69) is 21.7 Å². The molecule has 1 aromatic carbocycles. The minimum atomic E-state index is -0.529. The number of halogens is 1. The monoisotopic (exact) mass is 345 g/mol. The minimum absolute atomic E-state index is 0.257. The molecule has 3 rings (SSSR count). The van der Waals surface area contributed by atoms with Crippen molar-refractivity contribution >= 4 is 5.91 Å². The quantitative estimate of drug-likeness (QED) is 0.887. The van der Waals surface area contributed by atoms with Crippen LogP contribution in [0.2, 0.25) is 0 Å². The number of imidazole rings is 1. The van der Waals surface area contributed by atoms with E-state index in [1.807, 2.05) is 17.8 Å². The van der Waals surface area contributed by atoms with Gasteiger partial charge in [-0.1, -0.05) is 12.1 Å². The molecule has 2 heterocycles. The van der Waals surface area contributed by atoms with Crippen LogP contribution < -0.4 is 5.73 Å². The zero-order chi connectivity index (χ0) is 18.0. The van der Waals surface area contributed by atoms with Crippen LogP contribution in [-0.2, 0) is 18.4 Å². The third-order valence-electron chi connectivity index (χ3n) is 4.88. The maximum Gasteiger partial charge on any atom is 0.239 e. The Hall–Kier alpha value is -2.25. The first-order valence-electron chi connectivity index (χ1n) is 8.45. The van der Waals surface area contributed by atoms with Gasteiger partial charge in [-0.15, -0.1) is 0 Å². The highest BCUT2D eigenvalue weighted by molar-refractivity contribution is 5.81. The molecule has 1 aliphatic heterocycles. The molecule has 134 valence electrons. The average molecular weight is 345 g/mol. The summed E-state index contributed by atoms with van der Waals surface area (Å²) >= 11 is 0. The van der Waals surface area contributed by atoms with Gasteiger partial charge in [-0.3, -0.25) is 14.6 Å². The van der Waals surface area contributed by atoms with E-state index < -0.39 is 11.9 Å². The lowest BCUT2D eigenvalue weighted by molar-refractivity contribution is -0.124. The first kappa shape index (κ1) is 17.6. The lowest BCUT2D eigenvalue weighted by Gasteiger charge is -2.42. The van der Waals surface area contributed by atoms with Gasteiger partial charge in [-0.2, -0.15) is 0 Å². The third kappa shape index (κ3) is 3.88. The Morgan fingerprint density at radius 1 is 1.36 bits per heavy atom. The van der Waals surface area contributed by atoms with Crippen molar-refractivity contribution in [2.24, 2.45) is 12.8 Å². The van der Waals surface area contributed by atoms with Crippen molar-refractivity contribution in [3.8, 4) is 0 Å². The predicted octanol–water partition coefficient (Wildman–Crippen LogP) is 1.29. The summed E-state index contributed by atoms with van der Waals surface area (Å²) in [7, 11) is 1.99. The highest BCUT2D eigenvalue weighted by Gasteiger charge is 2.32. The molecule has 1 aliphatic rings. The molecule has 1 aromatic heterocycles. The van der Waals surface area contributed by atoms with Crippen LogP contribution in [0.25, 0.3) is 0 Å². The lowest BCUT2D eigenvalue weighted by atomic mass is 10.0. The van der Waals surface area contributed by atoms with E-state index in [-0.39, 0.29) is 11.9 Å². The predicted molar refractivity (Wildman–Crippen MR) is 93.0 cm³/mol. The summed E-state index contributed by atoms with van der Waals surface area (Å²) in [6.07, 6.45) is 3.74. The summed E-state index contributed by atoms with van der Waals surface area (Å²) in [6, 6.07) is 5.73. The van der Waals surface area contributed by atoms with E-state index in [9.17, 15) is 9.18 Å². The van der Waals surface area contributed by atoms with Crippen LogP contribution in [0.4, 0.5) is 4.39 Å². The second-order valence-electron chi connectivity index (χ2n) is 6.63. The Bertz CT molecular complexity index is 729. The molecular formula is C18H24FN5O. The van der Waals surface area contributed by atoms with Crippen molar-refractivity contribution in [3.05, 3.63) is 53.9 Å². The smallest absolute Gasteiger partial charge is 0.239 e. The summed E-state index contributed by atoms with van der Waals surface area (Å²) < 4.78 is 15.2. The molecule has 7 heteroatoms.